The van der Waals surface area contributed by atoms with Crippen LogP contribution in [0.3, 0.4) is 0 Å². The van der Waals surface area contributed by atoms with Gasteiger partial charge in [-0.2, -0.15) is 0 Å². The largest absolute Gasteiger partial charge is 0.356 e. The first-order valence-corrected chi connectivity index (χ1v) is 5.27. The zero-order valence-electron chi connectivity index (χ0n) is 9.68. The molecule has 0 spiro atoms. The molecule has 0 atom stereocenters. The molecule has 1 N–H and O–H groups in total. The summed E-state index contributed by atoms with van der Waals surface area (Å²) in [6.07, 6.45) is 1.19. The predicted molar refractivity (Wildman–Crippen MR) is 59.7 cm³/mol. The smallest absolute Gasteiger partial charge is 0.220 e. The van der Waals surface area contributed by atoms with Gasteiger partial charge in [-0.3, -0.25) is 4.79 Å². The van der Waals surface area contributed by atoms with Crippen LogP contribution in [0.5, 0.6) is 0 Å². The summed E-state index contributed by atoms with van der Waals surface area (Å²) in [7, 11) is 0. The van der Waals surface area contributed by atoms with Gasteiger partial charge >= 0.3 is 0 Å². The SMILES string of the molecule is CC(C)C#CCCC(=O)NCC(C)C. The van der Waals surface area contributed by atoms with E-state index >= 15 is 0 Å². The van der Waals surface area contributed by atoms with Crippen molar-refractivity contribution in [2.45, 2.75) is 40.5 Å². The van der Waals surface area contributed by atoms with Crippen molar-refractivity contribution < 1.29 is 4.79 Å². The fourth-order valence-corrected chi connectivity index (χ4v) is 0.859. The summed E-state index contributed by atoms with van der Waals surface area (Å²) in [5, 5.41) is 2.86. The number of amides is 1. The molecule has 0 aliphatic heterocycles. The number of carbonyl (C=O) groups is 1. The molecule has 1 amide bonds. The summed E-state index contributed by atoms with van der Waals surface area (Å²) in [4.78, 5) is 11.2. The van der Waals surface area contributed by atoms with Crippen LogP contribution in [0.1, 0.15) is 40.5 Å². The van der Waals surface area contributed by atoms with Gasteiger partial charge in [-0.15, -0.1) is 11.8 Å². The first-order chi connectivity index (χ1) is 6.52. The number of nitrogens with one attached hydrogen (secondary N) is 1. The quantitative estimate of drug-likeness (QED) is 0.685. The van der Waals surface area contributed by atoms with Gasteiger partial charge < -0.3 is 5.32 Å². The van der Waals surface area contributed by atoms with Gasteiger partial charge in [0.2, 0.25) is 5.91 Å². The monoisotopic (exact) mass is 195 g/mol. The lowest BCUT2D eigenvalue weighted by atomic mass is 10.2. The van der Waals surface area contributed by atoms with Crippen LogP contribution in [0.25, 0.3) is 0 Å². The van der Waals surface area contributed by atoms with Crippen molar-refractivity contribution in [1.82, 2.24) is 5.32 Å². The van der Waals surface area contributed by atoms with Crippen LogP contribution in [0, 0.1) is 23.7 Å². The molecule has 0 radical (unpaired) electrons. The van der Waals surface area contributed by atoms with Crippen molar-refractivity contribution in [3.05, 3.63) is 0 Å². The van der Waals surface area contributed by atoms with E-state index in [1.807, 2.05) is 13.8 Å². The van der Waals surface area contributed by atoms with Crippen LogP contribution in [-0.2, 0) is 4.79 Å². The van der Waals surface area contributed by atoms with E-state index in [-0.39, 0.29) is 5.91 Å². The lowest BCUT2D eigenvalue weighted by Crippen LogP contribution is -2.26. The molecule has 0 aromatic heterocycles. The van der Waals surface area contributed by atoms with Crippen LogP contribution in [0.2, 0.25) is 0 Å². The van der Waals surface area contributed by atoms with E-state index in [0.717, 1.165) is 6.54 Å². The van der Waals surface area contributed by atoms with Gasteiger partial charge in [-0.1, -0.05) is 27.7 Å². The molecule has 0 aliphatic carbocycles. The zero-order valence-corrected chi connectivity index (χ0v) is 9.68. The Balaban J connectivity index is 3.51. The van der Waals surface area contributed by atoms with E-state index in [0.29, 0.717) is 24.7 Å². The molecule has 0 saturated heterocycles. The van der Waals surface area contributed by atoms with Gasteiger partial charge in [0.05, 0.1) is 0 Å². The van der Waals surface area contributed by atoms with Gasteiger partial charge in [0.15, 0.2) is 0 Å². The first kappa shape index (κ1) is 13.0. The highest BCUT2D eigenvalue weighted by atomic mass is 16.1. The molecule has 0 aliphatic rings. The third-order valence-electron chi connectivity index (χ3n) is 1.58. The normalized spacial score (nSPS) is 9.86. The van der Waals surface area contributed by atoms with E-state index < -0.39 is 0 Å². The average Bonchev–Trinajstić information content (AvgIpc) is 2.08. The van der Waals surface area contributed by atoms with Crippen molar-refractivity contribution >= 4 is 5.91 Å². The average molecular weight is 195 g/mol. The molecule has 2 nitrogen and oxygen atoms in total. The van der Waals surface area contributed by atoms with Crippen molar-refractivity contribution in [3.63, 3.8) is 0 Å². The summed E-state index contributed by atoms with van der Waals surface area (Å²) in [6.45, 7) is 9.02. The van der Waals surface area contributed by atoms with Crippen molar-refractivity contribution in [2.75, 3.05) is 6.54 Å². The molecular formula is C12H21NO. The maximum absolute atomic E-state index is 11.2. The highest BCUT2D eigenvalue weighted by Crippen LogP contribution is 1.92. The third kappa shape index (κ3) is 9.12. The van der Waals surface area contributed by atoms with E-state index in [9.17, 15) is 4.79 Å². The Morgan fingerprint density at radius 2 is 1.93 bits per heavy atom. The predicted octanol–water partition coefficient (Wildman–Crippen LogP) is 2.20. The van der Waals surface area contributed by atoms with Crippen LogP contribution in [-0.4, -0.2) is 12.5 Å². The summed E-state index contributed by atoms with van der Waals surface area (Å²) in [5.41, 5.74) is 0. The van der Waals surface area contributed by atoms with E-state index in [1.54, 1.807) is 0 Å². The topological polar surface area (TPSA) is 29.1 Å². The Morgan fingerprint density at radius 1 is 1.29 bits per heavy atom. The Hall–Kier alpha value is -0.970. The number of hydrogen-bond donors (Lipinski definition) is 1. The molecule has 0 rings (SSSR count). The molecule has 0 aromatic rings. The molecule has 0 saturated carbocycles. The number of carbonyl (C=O) groups excluding carboxylic acids is 1. The van der Waals surface area contributed by atoms with Gasteiger partial charge in [0.25, 0.3) is 0 Å². The van der Waals surface area contributed by atoms with Crippen molar-refractivity contribution in [2.24, 2.45) is 11.8 Å². The van der Waals surface area contributed by atoms with Gasteiger partial charge in [0, 0.05) is 25.3 Å². The molecule has 0 unspecified atom stereocenters. The van der Waals surface area contributed by atoms with Crippen LogP contribution in [0.15, 0.2) is 0 Å². The minimum Gasteiger partial charge on any atom is -0.356 e. The second kappa shape index (κ2) is 7.44. The molecule has 2 heteroatoms. The van der Waals surface area contributed by atoms with Gasteiger partial charge in [-0.25, -0.2) is 0 Å². The Labute approximate surface area is 87.5 Å². The summed E-state index contributed by atoms with van der Waals surface area (Å²) >= 11 is 0. The Kier molecular flexibility index (Phi) is 6.92. The Morgan fingerprint density at radius 3 is 2.43 bits per heavy atom. The molecule has 0 bridgehead atoms. The van der Waals surface area contributed by atoms with Crippen LogP contribution >= 0.6 is 0 Å². The minimum absolute atomic E-state index is 0.108. The molecule has 80 valence electrons. The first-order valence-electron chi connectivity index (χ1n) is 5.27. The maximum atomic E-state index is 11.2. The standard InChI is InChI=1S/C12H21NO/c1-10(2)7-5-6-8-12(14)13-9-11(3)4/h10-11H,6,8-9H2,1-4H3,(H,13,14). The lowest BCUT2D eigenvalue weighted by molar-refractivity contribution is -0.121. The highest BCUT2D eigenvalue weighted by Gasteiger charge is 1.99. The van der Waals surface area contributed by atoms with Gasteiger partial charge in [-0.05, 0) is 5.92 Å². The Bertz CT molecular complexity index is 220. The molecule has 14 heavy (non-hydrogen) atoms. The van der Waals surface area contributed by atoms with Crippen LogP contribution < -0.4 is 5.32 Å². The molecule has 0 aromatic carbocycles. The van der Waals surface area contributed by atoms with E-state index in [2.05, 4.69) is 31.0 Å². The lowest BCUT2D eigenvalue weighted by Gasteiger charge is -2.05. The fraction of sp³-hybridized carbons (Fsp3) is 0.750. The molecular weight excluding hydrogens is 174 g/mol. The second-order valence-corrected chi connectivity index (χ2v) is 4.17. The van der Waals surface area contributed by atoms with Crippen molar-refractivity contribution in [3.8, 4) is 11.8 Å². The third-order valence-corrected chi connectivity index (χ3v) is 1.58. The maximum Gasteiger partial charge on any atom is 0.220 e. The zero-order chi connectivity index (χ0) is 11.0. The van der Waals surface area contributed by atoms with E-state index in [4.69, 9.17) is 0 Å². The fourth-order valence-electron chi connectivity index (χ4n) is 0.859. The second-order valence-electron chi connectivity index (χ2n) is 4.17. The number of hydrogen-bond acceptors (Lipinski definition) is 1. The van der Waals surface area contributed by atoms with Crippen LogP contribution in [0.4, 0.5) is 0 Å². The minimum atomic E-state index is 0.108. The number of rotatable bonds is 4. The van der Waals surface area contributed by atoms with Crippen molar-refractivity contribution in [1.29, 1.82) is 0 Å². The summed E-state index contributed by atoms with van der Waals surface area (Å²) < 4.78 is 0. The molecule has 0 fully saturated rings. The summed E-state index contributed by atoms with van der Waals surface area (Å²) in [6, 6.07) is 0. The van der Waals surface area contributed by atoms with E-state index in [1.165, 1.54) is 0 Å². The molecule has 0 heterocycles. The summed E-state index contributed by atoms with van der Waals surface area (Å²) in [5.74, 6) is 7.05. The van der Waals surface area contributed by atoms with Gasteiger partial charge in [0.1, 0.15) is 0 Å². The highest BCUT2D eigenvalue weighted by molar-refractivity contribution is 5.76.